The first-order chi connectivity index (χ1) is 15.2. The minimum atomic E-state index is -4.37. The molecule has 1 N–H and O–H groups in total. The molecule has 6 nitrogen and oxygen atoms in total. The maximum absolute atomic E-state index is 13.4. The van der Waals surface area contributed by atoms with E-state index in [4.69, 9.17) is 0 Å². The molecular weight excluding hydrogens is 421 g/mol. The highest BCUT2D eigenvalue weighted by molar-refractivity contribution is 5.73. The predicted molar refractivity (Wildman–Crippen MR) is 113 cm³/mol. The highest BCUT2D eigenvalue weighted by atomic mass is 19.4. The quantitative estimate of drug-likeness (QED) is 0.776. The molecule has 32 heavy (non-hydrogen) atoms. The van der Waals surface area contributed by atoms with E-state index in [0.717, 1.165) is 30.2 Å². The van der Waals surface area contributed by atoms with Crippen molar-refractivity contribution in [2.24, 2.45) is 7.05 Å². The van der Waals surface area contributed by atoms with Crippen molar-refractivity contribution in [2.75, 3.05) is 19.6 Å². The maximum atomic E-state index is 13.4. The first-order valence-electron chi connectivity index (χ1n) is 11.0. The van der Waals surface area contributed by atoms with Crippen LogP contribution in [-0.2, 0) is 31.0 Å². The van der Waals surface area contributed by atoms with Crippen LogP contribution < -0.4 is 0 Å². The molecule has 1 saturated heterocycles. The number of benzene rings is 1. The Balaban J connectivity index is 1.51. The summed E-state index contributed by atoms with van der Waals surface area (Å²) in [6.45, 7) is 3.57. The number of fused-ring (bicyclic) bond motifs is 1. The minimum Gasteiger partial charge on any atom is -0.372 e. The Hall–Kier alpha value is -2.39. The average molecular weight is 451 g/mol. The molecule has 9 heteroatoms. The molecule has 0 bridgehead atoms. The maximum Gasteiger partial charge on any atom is 0.416 e. The number of alkyl halides is 3. The largest absolute Gasteiger partial charge is 0.416 e. The van der Waals surface area contributed by atoms with Crippen LogP contribution >= 0.6 is 0 Å². The molecule has 1 aromatic heterocycles. The number of nitrogens with zero attached hydrogens (tertiary/aromatic N) is 4. The fourth-order valence-corrected chi connectivity index (χ4v) is 5.03. The van der Waals surface area contributed by atoms with E-state index in [0.29, 0.717) is 50.3 Å². The molecule has 0 spiro atoms. The van der Waals surface area contributed by atoms with Crippen LogP contribution in [0.25, 0.3) is 0 Å². The van der Waals surface area contributed by atoms with Crippen LogP contribution in [0, 0.1) is 0 Å². The summed E-state index contributed by atoms with van der Waals surface area (Å²) in [6, 6.07) is 5.77. The lowest BCUT2D eigenvalue weighted by Gasteiger charge is -2.35. The van der Waals surface area contributed by atoms with Crippen molar-refractivity contribution in [1.82, 2.24) is 19.6 Å². The monoisotopic (exact) mass is 450 g/mol. The topological polar surface area (TPSA) is 61.6 Å². The lowest BCUT2D eigenvalue weighted by molar-refractivity contribution is -0.138. The molecule has 1 amide bonds. The Labute approximate surface area is 185 Å². The number of aryl methyl sites for hydroxylation is 1. The highest BCUT2D eigenvalue weighted by Crippen LogP contribution is 2.40. The van der Waals surface area contributed by atoms with Crippen LogP contribution in [-0.4, -0.2) is 50.2 Å². The van der Waals surface area contributed by atoms with Gasteiger partial charge in [0, 0.05) is 51.4 Å². The lowest BCUT2D eigenvalue weighted by atomic mass is 9.86. The molecule has 3 heterocycles. The number of carbonyl (C=O) groups excluding carboxylic acids is 1. The summed E-state index contributed by atoms with van der Waals surface area (Å²) in [5, 5.41) is 15.7. The van der Waals surface area contributed by atoms with Gasteiger partial charge < -0.3 is 10.0 Å². The van der Waals surface area contributed by atoms with Gasteiger partial charge in [0.15, 0.2) is 6.23 Å². The van der Waals surface area contributed by atoms with E-state index in [9.17, 15) is 23.1 Å². The van der Waals surface area contributed by atoms with Crippen molar-refractivity contribution >= 4 is 5.91 Å². The Kier molecular flexibility index (Phi) is 6.31. The number of rotatable bonds is 3. The molecule has 0 radical (unpaired) electrons. The van der Waals surface area contributed by atoms with Crippen LogP contribution in [0.15, 0.2) is 24.3 Å². The van der Waals surface area contributed by atoms with Crippen molar-refractivity contribution in [3.63, 3.8) is 0 Å². The number of aromatic nitrogens is 2. The SMILES string of the molecule is CC(=O)N1CCCc2c(c(C(O)N3CCC(c4ccccc4C(F)(F)F)CC3)nn2C)C1. The van der Waals surface area contributed by atoms with Gasteiger partial charge in [-0.05, 0) is 43.2 Å². The van der Waals surface area contributed by atoms with Crippen LogP contribution in [0.2, 0.25) is 0 Å². The molecule has 2 aromatic rings. The molecule has 0 saturated carbocycles. The molecule has 0 aliphatic carbocycles. The number of piperidine rings is 1. The first kappa shape index (κ1) is 22.8. The van der Waals surface area contributed by atoms with Crippen LogP contribution in [0.1, 0.15) is 66.4 Å². The van der Waals surface area contributed by atoms with Crippen LogP contribution in [0.5, 0.6) is 0 Å². The van der Waals surface area contributed by atoms with E-state index in [1.165, 1.54) is 6.07 Å². The zero-order valence-electron chi connectivity index (χ0n) is 18.4. The molecule has 2 aliphatic heterocycles. The van der Waals surface area contributed by atoms with Gasteiger partial charge in [0.1, 0.15) is 5.69 Å². The first-order valence-corrected chi connectivity index (χ1v) is 11.0. The average Bonchev–Trinajstić information content (AvgIpc) is 2.93. The number of hydrogen-bond acceptors (Lipinski definition) is 4. The van der Waals surface area contributed by atoms with Crippen LogP contribution in [0.3, 0.4) is 0 Å². The van der Waals surface area contributed by atoms with Crippen molar-refractivity contribution < 1.29 is 23.1 Å². The van der Waals surface area contributed by atoms with Crippen molar-refractivity contribution in [3.8, 4) is 0 Å². The van der Waals surface area contributed by atoms with Gasteiger partial charge in [-0.25, -0.2) is 0 Å². The van der Waals surface area contributed by atoms with E-state index in [-0.39, 0.29) is 11.8 Å². The normalized spacial score (nSPS) is 19.5. The van der Waals surface area contributed by atoms with E-state index >= 15 is 0 Å². The zero-order chi connectivity index (χ0) is 23.0. The third-order valence-electron chi connectivity index (χ3n) is 6.77. The second-order valence-electron chi connectivity index (χ2n) is 8.75. The van der Waals surface area contributed by atoms with Gasteiger partial charge in [0.2, 0.25) is 5.91 Å². The number of hydrogen-bond donors (Lipinski definition) is 1. The van der Waals surface area contributed by atoms with Gasteiger partial charge >= 0.3 is 6.18 Å². The van der Waals surface area contributed by atoms with Crippen molar-refractivity contribution in [3.05, 3.63) is 52.3 Å². The molecule has 174 valence electrons. The van der Waals surface area contributed by atoms with Gasteiger partial charge in [0.25, 0.3) is 0 Å². The highest BCUT2D eigenvalue weighted by Gasteiger charge is 2.37. The molecule has 1 atom stereocenters. The van der Waals surface area contributed by atoms with Crippen molar-refractivity contribution in [1.29, 1.82) is 0 Å². The van der Waals surface area contributed by atoms with E-state index in [1.54, 1.807) is 28.6 Å². The second-order valence-corrected chi connectivity index (χ2v) is 8.75. The van der Waals surface area contributed by atoms with Crippen molar-refractivity contribution in [2.45, 2.75) is 57.5 Å². The summed E-state index contributed by atoms with van der Waals surface area (Å²) < 4.78 is 42.1. The Morgan fingerprint density at radius 2 is 1.88 bits per heavy atom. The van der Waals surface area contributed by atoms with Gasteiger partial charge in [-0.15, -0.1) is 0 Å². The zero-order valence-corrected chi connectivity index (χ0v) is 18.4. The predicted octanol–water partition coefficient (Wildman–Crippen LogP) is 3.60. The van der Waals surface area contributed by atoms with E-state index in [2.05, 4.69) is 5.10 Å². The molecule has 1 aromatic carbocycles. The summed E-state index contributed by atoms with van der Waals surface area (Å²) in [6.07, 6.45) is -2.65. The Morgan fingerprint density at radius 3 is 2.53 bits per heavy atom. The summed E-state index contributed by atoms with van der Waals surface area (Å²) >= 11 is 0. The number of aliphatic hydroxyl groups is 1. The number of likely N-dealkylation sites (tertiary alicyclic amines) is 1. The number of halogens is 3. The summed E-state index contributed by atoms with van der Waals surface area (Å²) in [5.41, 5.74) is 2.22. The smallest absolute Gasteiger partial charge is 0.372 e. The minimum absolute atomic E-state index is 0.00807. The lowest BCUT2D eigenvalue weighted by Crippen LogP contribution is -2.37. The van der Waals surface area contributed by atoms with Gasteiger partial charge in [-0.3, -0.25) is 14.4 Å². The molecule has 2 aliphatic rings. The van der Waals surface area contributed by atoms with Gasteiger partial charge in [-0.2, -0.15) is 18.3 Å². The Bertz CT molecular complexity index is 980. The summed E-state index contributed by atoms with van der Waals surface area (Å²) in [5.74, 6) is -0.211. The fraction of sp³-hybridized carbons (Fsp3) is 0.565. The number of carbonyl (C=O) groups is 1. The summed E-state index contributed by atoms with van der Waals surface area (Å²) in [4.78, 5) is 15.6. The summed E-state index contributed by atoms with van der Waals surface area (Å²) in [7, 11) is 1.85. The molecule has 1 fully saturated rings. The molecule has 4 rings (SSSR count). The van der Waals surface area contributed by atoms with Gasteiger partial charge in [0.05, 0.1) is 5.56 Å². The molecular formula is C23H29F3N4O2. The van der Waals surface area contributed by atoms with Gasteiger partial charge in [-0.1, -0.05) is 18.2 Å². The third kappa shape index (κ3) is 4.41. The van der Waals surface area contributed by atoms with E-state index in [1.807, 2.05) is 11.9 Å². The third-order valence-corrected chi connectivity index (χ3v) is 6.77. The van der Waals surface area contributed by atoms with Crippen LogP contribution in [0.4, 0.5) is 13.2 Å². The number of amides is 1. The molecule has 1 unspecified atom stereocenters. The second kappa shape index (κ2) is 8.86. The standard InChI is InChI=1S/C23H29F3N4O2/c1-15(31)30-11-5-8-20-18(14-30)21(27-28(20)2)22(32)29-12-9-16(10-13-29)17-6-3-4-7-19(17)23(24,25)26/h3-4,6-7,16,22,32H,5,8-14H2,1-2H3. The van der Waals surface area contributed by atoms with E-state index < -0.39 is 18.0 Å². The number of aliphatic hydroxyl groups excluding tert-OH is 1. The fourth-order valence-electron chi connectivity index (χ4n) is 5.03. The Morgan fingerprint density at radius 1 is 1.19 bits per heavy atom.